The quantitative estimate of drug-likeness (QED) is 0.380. The Morgan fingerprint density at radius 1 is 0.941 bits per heavy atom. The van der Waals surface area contributed by atoms with Crippen LogP contribution in [0.25, 0.3) is 27.4 Å². The Bertz CT molecular complexity index is 1410. The van der Waals surface area contributed by atoms with Gasteiger partial charge in [-0.25, -0.2) is 22.5 Å². The van der Waals surface area contributed by atoms with E-state index in [9.17, 15) is 22.4 Å². The maximum absolute atomic E-state index is 14.8. The van der Waals surface area contributed by atoms with Crippen LogP contribution in [0.5, 0.6) is 0 Å². The first-order valence-electron chi connectivity index (χ1n) is 10.8. The third-order valence-corrected chi connectivity index (χ3v) is 7.12. The van der Waals surface area contributed by atoms with E-state index in [0.29, 0.717) is 16.1 Å². The standard InChI is InChI=1S/C25H19F4N3OS/c26-16-5-6-17(20(29)12-16)24-22(31-25(34-24)14-8-10-30-11-9-14)15-4-7-21(33)32(13-15)23-18(27)2-1-3-19(23)28/h1-7,12-14,30H,8-11H2. The van der Waals surface area contributed by atoms with E-state index in [4.69, 9.17) is 4.98 Å². The predicted octanol–water partition coefficient (Wildman–Crippen LogP) is 5.65. The van der Waals surface area contributed by atoms with Crippen molar-refractivity contribution in [1.29, 1.82) is 0 Å². The normalized spacial score (nSPS) is 14.5. The summed E-state index contributed by atoms with van der Waals surface area (Å²) in [5.74, 6) is -3.06. The highest BCUT2D eigenvalue weighted by Crippen LogP contribution is 2.42. The molecule has 1 aliphatic rings. The average Bonchev–Trinajstić information content (AvgIpc) is 3.26. The summed E-state index contributed by atoms with van der Waals surface area (Å²) in [6, 6.07) is 9.34. The van der Waals surface area contributed by atoms with Gasteiger partial charge in [-0.3, -0.25) is 9.36 Å². The number of hydrogen-bond donors (Lipinski definition) is 1. The van der Waals surface area contributed by atoms with Crippen LogP contribution in [0.3, 0.4) is 0 Å². The molecule has 9 heteroatoms. The van der Waals surface area contributed by atoms with Crippen molar-refractivity contribution in [3.05, 3.63) is 93.4 Å². The number of piperidine rings is 1. The molecule has 4 aromatic rings. The van der Waals surface area contributed by atoms with E-state index in [1.165, 1.54) is 47.9 Å². The number of halogens is 4. The highest BCUT2D eigenvalue weighted by molar-refractivity contribution is 7.15. The molecule has 0 bridgehead atoms. The van der Waals surface area contributed by atoms with Crippen molar-refractivity contribution in [2.24, 2.45) is 0 Å². The molecular formula is C25H19F4N3OS. The van der Waals surface area contributed by atoms with Crippen LogP contribution < -0.4 is 10.9 Å². The molecule has 0 atom stereocenters. The third kappa shape index (κ3) is 4.17. The van der Waals surface area contributed by atoms with Gasteiger partial charge in [0.2, 0.25) is 0 Å². The van der Waals surface area contributed by atoms with E-state index >= 15 is 0 Å². The largest absolute Gasteiger partial charge is 0.317 e. The van der Waals surface area contributed by atoms with E-state index in [0.717, 1.165) is 53.7 Å². The first-order chi connectivity index (χ1) is 16.4. The first kappa shape index (κ1) is 22.5. The maximum Gasteiger partial charge on any atom is 0.255 e. The van der Waals surface area contributed by atoms with Crippen LogP contribution in [0.1, 0.15) is 23.8 Å². The van der Waals surface area contributed by atoms with E-state index in [1.54, 1.807) is 0 Å². The minimum absolute atomic E-state index is 0.164. The zero-order valence-corrected chi connectivity index (χ0v) is 18.6. The van der Waals surface area contributed by atoms with Gasteiger partial charge in [-0.05, 0) is 56.3 Å². The fourth-order valence-electron chi connectivity index (χ4n) is 4.15. The lowest BCUT2D eigenvalue weighted by Crippen LogP contribution is -2.26. The van der Waals surface area contributed by atoms with Gasteiger partial charge in [-0.2, -0.15) is 0 Å². The number of hydrogen-bond acceptors (Lipinski definition) is 4. The van der Waals surface area contributed by atoms with Crippen molar-refractivity contribution in [3.8, 4) is 27.4 Å². The molecule has 2 aromatic heterocycles. The summed E-state index contributed by atoms with van der Waals surface area (Å²) in [6.07, 6.45) is 3.02. The van der Waals surface area contributed by atoms with Crippen molar-refractivity contribution < 1.29 is 17.6 Å². The number of pyridine rings is 1. The molecule has 3 heterocycles. The Balaban J connectivity index is 1.70. The molecule has 0 aliphatic carbocycles. The van der Waals surface area contributed by atoms with E-state index < -0.39 is 34.5 Å². The number of benzene rings is 2. The van der Waals surface area contributed by atoms with Crippen LogP contribution >= 0.6 is 11.3 Å². The summed E-state index contributed by atoms with van der Waals surface area (Å²) in [6.45, 7) is 1.66. The molecule has 1 N–H and O–H groups in total. The Morgan fingerprint density at radius 3 is 2.38 bits per heavy atom. The molecule has 0 radical (unpaired) electrons. The van der Waals surface area contributed by atoms with E-state index in [2.05, 4.69) is 5.32 Å². The van der Waals surface area contributed by atoms with Gasteiger partial charge in [0.25, 0.3) is 5.56 Å². The van der Waals surface area contributed by atoms with E-state index in [-0.39, 0.29) is 11.5 Å². The highest BCUT2D eigenvalue weighted by Gasteiger charge is 2.25. The summed E-state index contributed by atoms with van der Waals surface area (Å²) in [5.41, 5.74) is -0.204. The molecule has 0 amide bonds. The SMILES string of the molecule is O=c1ccc(-c2nc(C3CCNCC3)sc2-c2ccc(F)cc2F)cn1-c1c(F)cccc1F. The van der Waals surface area contributed by atoms with Gasteiger partial charge < -0.3 is 5.32 Å². The van der Waals surface area contributed by atoms with Crippen LogP contribution in [-0.2, 0) is 0 Å². The number of nitrogens with zero attached hydrogens (tertiary/aromatic N) is 2. The Labute approximate surface area is 196 Å². The molecule has 0 saturated carbocycles. The molecule has 0 unspecified atom stereocenters. The van der Waals surface area contributed by atoms with Gasteiger partial charge in [0.05, 0.1) is 15.6 Å². The lowest BCUT2D eigenvalue weighted by Gasteiger charge is -2.20. The maximum atomic E-state index is 14.8. The fourth-order valence-corrected chi connectivity index (χ4v) is 5.44. The minimum Gasteiger partial charge on any atom is -0.317 e. The number of rotatable bonds is 4. The second kappa shape index (κ2) is 9.15. The number of para-hydroxylation sites is 1. The molecule has 1 fully saturated rings. The van der Waals surface area contributed by atoms with E-state index in [1.807, 2.05) is 0 Å². The Hall–Kier alpha value is -3.30. The van der Waals surface area contributed by atoms with Gasteiger partial charge in [-0.15, -0.1) is 11.3 Å². The lowest BCUT2D eigenvalue weighted by molar-refractivity contribution is 0.459. The third-order valence-electron chi connectivity index (χ3n) is 5.87. The predicted molar refractivity (Wildman–Crippen MR) is 123 cm³/mol. The summed E-state index contributed by atoms with van der Waals surface area (Å²) >= 11 is 1.31. The topological polar surface area (TPSA) is 46.9 Å². The van der Waals surface area contributed by atoms with Gasteiger partial charge in [0.15, 0.2) is 0 Å². The van der Waals surface area contributed by atoms with Gasteiger partial charge in [0.1, 0.15) is 29.0 Å². The molecule has 4 nitrogen and oxygen atoms in total. The van der Waals surface area contributed by atoms with Crippen LogP contribution in [0.4, 0.5) is 17.6 Å². The second-order valence-electron chi connectivity index (χ2n) is 8.07. The molecular weight excluding hydrogens is 466 g/mol. The van der Waals surface area contributed by atoms with Crippen molar-refractivity contribution in [1.82, 2.24) is 14.9 Å². The molecule has 174 valence electrons. The zero-order valence-electron chi connectivity index (χ0n) is 17.8. The summed E-state index contributed by atoms with van der Waals surface area (Å²) in [4.78, 5) is 17.8. The smallest absolute Gasteiger partial charge is 0.255 e. The van der Waals surface area contributed by atoms with Gasteiger partial charge in [0, 0.05) is 35.4 Å². The summed E-state index contributed by atoms with van der Waals surface area (Å²) in [7, 11) is 0. The molecule has 1 aliphatic heterocycles. The highest BCUT2D eigenvalue weighted by atomic mass is 32.1. The Morgan fingerprint density at radius 2 is 1.68 bits per heavy atom. The van der Waals surface area contributed by atoms with Crippen molar-refractivity contribution >= 4 is 11.3 Å². The number of aromatic nitrogens is 2. The van der Waals surface area contributed by atoms with Crippen LogP contribution in [0.15, 0.2) is 59.5 Å². The van der Waals surface area contributed by atoms with Crippen LogP contribution in [0, 0.1) is 23.3 Å². The van der Waals surface area contributed by atoms with Crippen LogP contribution in [-0.4, -0.2) is 22.6 Å². The zero-order chi connectivity index (χ0) is 23.8. The fraction of sp³-hybridized carbons (Fsp3) is 0.200. The number of nitrogens with one attached hydrogen (secondary N) is 1. The Kier molecular flexibility index (Phi) is 6.05. The minimum atomic E-state index is -0.891. The lowest BCUT2D eigenvalue weighted by atomic mass is 9.99. The van der Waals surface area contributed by atoms with Crippen molar-refractivity contribution in [2.45, 2.75) is 18.8 Å². The first-order valence-corrected chi connectivity index (χ1v) is 11.6. The van der Waals surface area contributed by atoms with Crippen molar-refractivity contribution in [3.63, 3.8) is 0 Å². The van der Waals surface area contributed by atoms with Gasteiger partial charge >= 0.3 is 0 Å². The van der Waals surface area contributed by atoms with Crippen LogP contribution in [0.2, 0.25) is 0 Å². The van der Waals surface area contributed by atoms with Crippen molar-refractivity contribution in [2.75, 3.05) is 13.1 Å². The molecule has 34 heavy (non-hydrogen) atoms. The monoisotopic (exact) mass is 485 g/mol. The molecule has 2 aromatic carbocycles. The summed E-state index contributed by atoms with van der Waals surface area (Å²) < 4.78 is 58.1. The summed E-state index contributed by atoms with van der Waals surface area (Å²) in [5, 5.41) is 4.09. The second-order valence-corrected chi connectivity index (χ2v) is 9.11. The van der Waals surface area contributed by atoms with Gasteiger partial charge in [-0.1, -0.05) is 6.07 Å². The number of thiazole rings is 1. The average molecular weight is 486 g/mol. The molecule has 0 spiro atoms. The molecule has 1 saturated heterocycles. The molecule has 5 rings (SSSR count).